The highest BCUT2D eigenvalue weighted by atomic mass is 19.1. The van der Waals surface area contributed by atoms with E-state index < -0.39 is 0 Å². The van der Waals surface area contributed by atoms with Crippen LogP contribution in [0.15, 0.2) is 18.2 Å². The van der Waals surface area contributed by atoms with Gasteiger partial charge in [0.1, 0.15) is 5.82 Å². The van der Waals surface area contributed by atoms with Crippen LogP contribution < -0.4 is 5.32 Å². The number of rotatable bonds is 6. The van der Waals surface area contributed by atoms with Gasteiger partial charge in [0.15, 0.2) is 0 Å². The lowest BCUT2D eigenvalue weighted by Gasteiger charge is -2.27. The molecule has 1 N–H and O–H groups in total. The summed E-state index contributed by atoms with van der Waals surface area (Å²) in [5, 5.41) is 3.53. The Kier molecular flexibility index (Phi) is 5.63. The Balaban J connectivity index is 2.99. The molecule has 0 aromatic heterocycles. The summed E-state index contributed by atoms with van der Waals surface area (Å²) in [6.07, 6.45) is 2.29. The van der Waals surface area contributed by atoms with Crippen LogP contribution in [-0.4, -0.2) is 6.54 Å². The number of hydrogen-bond acceptors (Lipinski definition) is 1. The number of halogens is 1. The van der Waals surface area contributed by atoms with Gasteiger partial charge in [-0.1, -0.05) is 45.7 Å². The van der Waals surface area contributed by atoms with Crippen molar-refractivity contribution >= 4 is 0 Å². The second kappa shape index (κ2) is 6.75. The Morgan fingerprint density at radius 2 is 1.82 bits per heavy atom. The molecule has 1 unspecified atom stereocenters. The minimum Gasteiger partial charge on any atom is -0.310 e. The van der Waals surface area contributed by atoms with Crippen LogP contribution in [0.1, 0.15) is 50.8 Å². The number of benzene rings is 1. The maximum atomic E-state index is 13.3. The van der Waals surface area contributed by atoms with Gasteiger partial charge in [-0.3, -0.25) is 0 Å². The fraction of sp³-hybridized carbons (Fsp3) is 0.600. The van der Waals surface area contributed by atoms with E-state index in [9.17, 15) is 4.39 Å². The third-order valence-corrected chi connectivity index (χ3v) is 3.49. The van der Waals surface area contributed by atoms with Gasteiger partial charge in [-0.2, -0.15) is 0 Å². The standard InChI is InChI=1S/C15H24FN/c1-5-12(6-2)15(17-7-3)13-8-9-14(16)11(4)10-13/h8-10,12,15,17H,5-7H2,1-4H3. The maximum absolute atomic E-state index is 13.3. The van der Waals surface area contributed by atoms with Crippen LogP contribution in [0.2, 0.25) is 0 Å². The first kappa shape index (κ1) is 14.2. The van der Waals surface area contributed by atoms with E-state index in [1.54, 1.807) is 6.07 Å². The molecule has 1 rings (SSSR count). The monoisotopic (exact) mass is 237 g/mol. The first-order valence-corrected chi connectivity index (χ1v) is 6.63. The van der Waals surface area contributed by atoms with E-state index in [4.69, 9.17) is 0 Å². The normalized spacial score (nSPS) is 13.1. The van der Waals surface area contributed by atoms with Gasteiger partial charge in [-0.15, -0.1) is 0 Å². The van der Waals surface area contributed by atoms with Gasteiger partial charge >= 0.3 is 0 Å². The molecule has 1 aromatic carbocycles. The first-order valence-electron chi connectivity index (χ1n) is 6.63. The molecule has 2 heteroatoms. The van der Waals surface area contributed by atoms with Crippen LogP contribution in [0, 0.1) is 18.7 Å². The molecule has 17 heavy (non-hydrogen) atoms. The Morgan fingerprint density at radius 1 is 1.18 bits per heavy atom. The average molecular weight is 237 g/mol. The molecule has 0 aliphatic carbocycles. The highest BCUT2D eigenvalue weighted by molar-refractivity contribution is 5.27. The molecule has 0 heterocycles. The summed E-state index contributed by atoms with van der Waals surface area (Å²) < 4.78 is 13.3. The van der Waals surface area contributed by atoms with Gasteiger partial charge < -0.3 is 5.32 Å². The minimum atomic E-state index is -0.117. The maximum Gasteiger partial charge on any atom is 0.126 e. The largest absolute Gasteiger partial charge is 0.310 e. The lowest BCUT2D eigenvalue weighted by molar-refractivity contribution is 0.346. The molecule has 0 aliphatic rings. The predicted octanol–water partition coefficient (Wildman–Crippen LogP) is 4.22. The fourth-order valence-electron chi connectivity index (χ4n) is 2.40. The number of nitrogens with one attached hydrogen (secondary N) is 1. The molecule has 96 valence electrons. The molecule has 0 aliphatic heterocycles. The third kappa shape index (κ3) is 3.53. The minimum absolute atomic E-state index is 0.117. The third-order valence-electron chi connectivity index (χ3n) is 3.49. The summed E-state index contributed by atoms with van der Waals surface area (Å²) in [6.45, 7) is 9.32. The number of aryl methyl sites for hydroxylation is 1. The van der Waals surface area contributed by atoms with Crippen molar-refractivity contribution in [1.29, 1.82) is 0 Å². The molecule has 0 fully saturated rings. The predicted molar refractivity (Wildman–Crippen MR) is 71.6 cm³/mol. The Bertz CT molecular complexity index is 345. The van der Waals surface area contributed by atoms with E-state index in [0.717, 1.165) is 24.9 Å². The zero-order valence-corrected chi connectivity index (χ0v) is 11.4. The van der Waals surface area contributed by atoms with E-state index in [0.29, 0.717) is 12.0 Å². The summed E-state index contributed by atoms with van der Waals surface area (Å²) in [5.41, 5.74) is 1.94. The lowest BCUT2D eigenvalue weighted by atomic mass is 9.88. The second-order valence-electron chi connectivity index (χ2n) is 4.62. The zero-order chi connectivity index (χ0) is 12.8. The van der Waals surface area contributed by atoms with E-state index in [-0.39, 0.29) is 5.82 Å². The van der Waals surface area contributed by atoms with Crippen LogP contribution in [0.5, 0.6) is 0 Å². The van der Waals surface area contributed by atoms with Crippen LogP contribution in [0.4, 0.5) is 4.39 Å². The summed E-state index contributed by atoms with van der Waals surface area (Å²) in [5.74, 6) is 0.494. The SMILES string of the molecule is CCNC(c1ccc(F)c(C)c1)C(CC)CC. The van der Waals surface area contributed by atoms with E-state index in [2.05, 4.69) is 26.1 Å². The Hall–Kier alpha value is -0.890. The van der Waals surface area contributed by atoms with Crippen molar-refractivity contribution in [3.63, 3.8) is 0 Å². The van der Waals surface area contributed by atoms with Gasteiger partial charge in [-0.25, -0.2) is 4.39 Å². The second-order valence-corrected chi connectivity index (χ2v) is 4.62. The van der Waals surface area contributed by atoms with E-state index >= 15 is 0 Å². The molecule has 0 saturated carbocycles. The van der Waals surface area contributed by atoms with Crippen molar-refractivity contribution in [3.8, 4) is 0 Å². The van der Waals surface area contributed by atoms with Gasteiger partial charge in [-0.05, 0) is 36.6 Å². The summed E-state index contributed by atoms with van der Waals surface area (Å²) >= 11 is 0. The van der Waals surface area contributed by atoms with Crippen molar-refractivity contribution in [2.75, 3.05) is 6.54 Å². The summed E-state index contributed by atoms with van der Waals surface area (Å²) in [4.78, 5) is 0. The molecule has 0 saturated heterocycles. The first-order chi connectivity index (χ1) is 8.13. The van der Waals surface area contributed by atoms with Crippen LogP contribution in [0.3, 0.4) is 0 Å². The van der Waals surface area contributed by atoms with E-state index in [1.807, 2.05) is 19.1 Å². The molecule has 0 amide bonds. The van der Waals surface area contributed by atoms with Crippen LogP contribution >= 0.6 is 0 Å². The quantitative estimate of drug-likeness (QED) is 0.781. The van der Waals surface area contributed by atoms with Gasteiger partial charge in [0.2, 0.25) is 0 Å². The molecule has 0 radical (unpaired) electrons. The zero-order valence-electron chi connectivity index (χ0n) is 11.4. The summed E-state index contributed by atoms with van der Waals surface area (Å²) in [7, 11) is 0. The smallest absolute Gasteiger partial charge is 0.126 e. The highest BCUT2D eigenvalue weighted by Gasteiger charge is 2.19. The molecule has 0 bridgehead atoms. The fourth-order valence-corrected chi connectivity index (χ4v) is 2.40. The van der Waals surface area contributed by atoms with Gasteiger partial charge in [0, 0.05) is 6.04 Å². The van der Waals surface area contributed by atoms with Gasteiger partial charge in [0.25, 0.3) is 0 Å². The molecular formula is C15H24FN. The van der Waals surface area contributed by atoms with Crippen molar-refractivity contribution in [1.82, 2.24) is 5.32 Å². The summed E-state index contributed by atoms with van der Waals surface area (Å²) in [6, 6.07) is 5.81. The van der Waals surface area contributed by atoms with Crippen molar-refractivity contribution in [3.05, 3.63) is 35.1 Å². The molecule has 0 spiro atoms. The van der Waals surface area contributed by atoms with Gasteiger partial charge in [0.05, 0.1) is 0 Å². The van der Waals surface area contributed by atoms with Crippen LogP contribution in [-0.2, 0) is 0 Å². The number of hydrogen-bond donors (Lipinski definition) is 1. The van der Waals surface area contributed by atoms with E-state index in [1.165, 1.54) is 5.56 Å². The Morgan fingerprint density at radius 3 is 2.29 bits per heavy atom. The van der Waals surface area contributed by atoms with Crippen molar-refractivity contribution in [2.24, 2.45) is 5.92 Å². The Labute approximate surface area is 104 Å². The lowest BCUT2D eigenvalue weighted by Crippen LogP contribution is -2.27. The molecule has 1 atom stereocenters. The van der Waals surface area contributed by atoms with Crippen molar-refractivity contribution in [2.45, 2.75) is 46.6 Å². The molecule has 1 nitrogen and oxygen atoms in total. The molecule has 1 aromatic rings. The topological polar surface area (TPSA) is 12.0 Å². The average Bonchev–Trinajstić information content (AvgIpc) is 2.33. The van der Waals surface area contributed by atoms with Crippen molar-refractivity contribution < 1.29 is 4.39 Å². The highest BCUT2D eigenvalue weighted by Crippen LogP contribution is 2.28. The van der Waals surface area contributed by atoms with Crippen LogP contribution in [0.25, 0.3) is 0 Å². The molecular weight excluding hydrogens is 213 g/mol.